The van der Waals surface area contributed by atoms with Crippen LogP contribution in [0, 0.1) is 0 Å². The maximum Gasteiger partial charge on any atom is 0.344 e. The van der Waals surface area contributed by atoms with Crippen LogP contribution in [0.5, 0.6) is 17.2 Å². The van der Waals surface area contributed by atoms with Crippen LogP contribution in [0.15, 0.2) is 42.5 Å². The van der Waals surface area contributed by atoms with Crippen molar-refractivity contribution in [1.29, 1.82) is 0 Å². The topological polar surface area (TPSA) is 71.1 Å². The van der Waals surface area contributed by atoms with Crippen LogP contribution in [0.3, 0.4) is 0 Å². The lowest BCUT2D eigenvalue weighted by atomic mass is 10.1. The van der Waals surface area contributed by atoms with Gasteiger partial charge in [0.15, 0.2) is 12.9 Å². The molecule has 0 heterocycles. The molecule has 2 rings (SSSR count). The maximum absolute atomic E-state index is 11.5. The van der Waals surface area contributed by atoms with E-state index in [0.29, 0.717) is 17.8 Å². The van der Waals surface area contributed by atoms with Crippen LogP contribution in [-0.2, 0) is 16.1 Å². The van der Waals surface area contributed by atoms with E-state index in [0.717, 1.165) is 5.56 Å². The quantitative estimate of drug-likeness (QED) is 0.514. The molecule has 2 aromatic carbocycles. The third kappa shape index (κ3) is 5.24. The third-order valence-electron chi connectivity index (χ3n) is 3.32. The van der Waals surface area contributed by atoms with Gasteiger partial charge in [0.25, 0.3) is 0 Å². The van der Waals surface area contributed by atoms with Gasteiger partial charge in [-0.15, -0.1) is 0 Å². The summed E-state index contributed by atoms with van der Waals surface area (Å²) in [4.78, 5) is 23.0. The molecule has 6 nitrogen and oxygen atoms in total. The van der Waals surface area contributed by atoms with Gasteiger partial charge in [0, 0.05) is 12.1 Å². The number of aldehydes is 1. The second-order valence-corrected chi connectivity index (χ2v) is 5.02. The highest BCUT2D eigenvalue weighted by Crippen LogP contribution is 2.33. The van der Waals surface area contributed by atoms with Crippen LogP contribution in [0.2, 0.25) is 0 Å². The highest BCUT2D eigenvalue weighted by atomic mass is 16.6. The summed E-state index contributed by atoms with van der Waals surface area (Å²) in [5.74, 6) is 0.448. The summed E-state index contributed by atoms with van der Waals surface area (Å²) in [7, 11) is 1.49. The van der Waals surface area contributed by atoms with E-state index in [-0.39, 0.29) is 31.1 Å². The van der Waals surface area contributed by atoms with Crippen molar-refractivity contribution < 1.29 is 28.5 Å². The molecule has 0 spiro atoms. The first kappa shape index (κ1) is 18.3. The third-order valence-corrected chi connectivity index (χ3v) is 3.32. The molecular weight excluding hydrogens is 324 g/mol. The van der Waals surface area contributed by atoms with Crippen LogP contribution in [-0.4, -0.2) is 32.6 Å². The summed E-state index contributed by atoms with van der Waals surface area (Å²) in [5, 5.41) is 0. The molecule has 0 atom stereocenters. The number of carbonyl (C=O) groups is 2. The Balaban J connectivity index is 2.20. The predicted octanol–water partition coefficient (Wildman–Crippen LogP) is 3.03. The van der Waals surface area contributed by atoms with E-state index in [2.05, 4.69) is 0 Å². The van der Waals surface area contributed by atoms with E-state index in [1.54, 1.807) is 13.0 Å². The van der Waals surface area contributed by atoms with Crippen LogP contribution >= 0.6 is 0 Å². The second-order valence-electron chi connectivity index (χ2n) is 5.02. The molecule has 0 unspecified atom stereocenters. The van der Waals surface area contributed by atoms with Gasteiger partial charge in [-0.2, -0.15) is 0 Å². The fourth-order valence-electron chi connectivity index (χ4n) is 2.12. The average molecular weight is 344 g/mol. The number of benzene rings is 2. The Hall–Kier alpha value is -3.02. The highest BCUT2D eigenvalue weighted by molar-refractivity contribution is 5.84. The fourth-order valence-corrected chi connectivity index (χ4v) is 2.12. The van der Waals surface area contributed by atoms with Crippen molar-refractivity contribution in [2.75, 3.05) is 20.3 Å². The summed E-state index contributed by atoms with van der Waals surface area (Å²) >= 11 is 0. The lowest BCUT2D eigenvalue weighted by molar-refractivity contribution is -0.145. The summed E-state index contributed by atoms with van der Waals surface area (Å²) < 4.78 is 21.2. The Morgan fingerprint density at radius 1 is 1.08 bits per heavy atom. The molecular formula is C19H20O6. The first-order chi connectivity index (χ1) is 12.2. The van der Waals surface area contributed by atoms with Crippen molar-refractivity contribution in [3.8, 4) is 17.2 Å². The number of carbonyl (C=O) groups excluding carboxylic acids is 2. The van der Waals surface area contributed by atoms with E-state index < -0.39 is 5.97 Å². The molecule has 0 saturated heterocycles. The van der Waals surface area contributed by atoms with Crippen LogP contribution in [0.4, 0.5) is 0 Å². The van der Waals surface area contributed by atoms with Crippen LogP contribution < -0.4 is 14.2 Å². The molecule has 0 saturated carbocycles. The molecule has 0 amide bonds. The molecule has 132 valence electrons. The first-order valence-corrected chi connectivity index (χ1v) is 7.80. The molecule has 0 aliphatic rings. The van der Waals surface area contributed by atoms with Crippen LogP contribution in [0.1, 0.15) is 22.8 Å². The molecule has 0 radical (unpaired) electrons. The predicted molar refractivity (Wildman–Crippen MR) is 91.3 cm³/mol. The van der Waals surface area contributed by atoms with Gasteiger partial charge in [-0.1, -0.05) is 30.3 Å². The van der Waals surface area contributed by atoms with Gasteiger partial charge in [-0.05, 0) is 12.5 Å². The largest absolute Gasteiger partial charge is 0.496 e. The van der Waals surface area contributed by atoms with E-state index in [4.69, 9.17) is 18.9 Å². The Labute approximate surface area is 146 Å². The van der Waals surface area contributed by atoms with Gasteiger partial charge >= 0.3 is 5.97 Å². The van der Waals surface area contributed by atoms with Gasteiger partial charge in [-0.3, -0.25) is 4.79 Å². The Kier molecular flexibility index (Phi) is 6.83. The van der Waals surface area contributed by atoms with Gasteiger partial charge in [0.2, 0.25) is 0 Å². The lowest BCUT2D eigenvalue weighted by Gasteiger charge is -2.15. The second kappa shape index (κ2) is 9.32. The zero-order valence-corrected chi connectivity index (χ0v) is 14.2. The summed E-state index contributed by atoms with van der Waals surface area (Å²) in [6.45, 7) is 1.94. The molecule has 0 fully saturated rings. The summed E-state index contributed by atoms with van der Waals surface area (Å²) in [5.41, 5.74) is 1.16. The fraction of sp³-hybridized carbons (Fsp3) is 0.263. The Bertz CT molecular complexity index is 711. The van der Waals surface area contributed by atoms with Crippen molar-refractivity contribution in [1.82, 2.24) is 0 Å². The minimum absolute atomic E-state index is 0.200. The molecule has 0 bridgehead atoms. The van der Waals surface area contributed by atoms with Crippen molar-refractivity contribution in [3.63, 3.8) is 0 Å². The average Bonchev–Trinajstić information content (AvgIpc) is 2.65. The first-order valence-electron chi connectivity index (χ1n) is 7.80. The number of hydrogen-bond donors (Lipinski definition) is 0. The van der Waals surface area contributed by atoms with Crippen molar-refractivity contribution >= 4 is 12.3 Å². The smallest absolute Gasteiger partial charge is 0.344 e. The van der Waals surface area contributed by atoms with Crippen molar-refractivity contribution in [2.45, 2.75) is 13.5 Å². The SMILES string of the molecule is CCOC(=O)COc1cc(OC)cc(OCc2ccccc2)c1C=O. The Morgan fingerprint density at radius 3 is 2.36 bits per heavy atom. The summed E-state index contributed by atoms with van der Waals surface area (Å²) in [6.07, 6.45) is 0.625. The minimum atomic E-state index is -0.520. The molecule has 0 aromatic heterocycles. The molecule has 6 heteroatoms. The van der Waals surface area contributed by atoms with Crippen molar-refractivity contribution in [3.05, 3.63) is 53.6 Å². The standard InChI is InChI=1S/C19H20O6/c1-3-23-19(21)13-25-18-10-15(22-2)9-17(16(18)11-20)24-12-14-7-5-4-6-8-14/h4-11H,3,12-13H2,1-2H3. The normalized spacial score (nSPS) is 10.0. The molecule has 0 aliphatic heterocycles. The molecule has 25 heavy (non-hydrogen) atoms. The van der Waals surface area contributed by atoms with Crippen molar-refractivity contribution in [2.24, 2.45) is 0 Å². The lowest BCUT2D eigenvalue weighted by Crippen LogP contribution is -2.15. The molecule has 0 N–H and O–H groups in total. The number of ether oxygens (including phenoxy) is 4. The van der Waals surface area contributed by atoms with E-state index >= 15 is 0 Å². The van der Waals surface area contributed by atoms with Gasteiger partial charge < -0.3 is 18.9 Å². The zero-order valence-electron chi connectivity index (χ0n) is 14.2. The van der Waals surface area contributed by atoms with Gasteiger partial charge in [-0.25, -0.2) is 4.79 Å². The van der Waals surface area contributed by atoms with E-state index in [1.165, 1.54) is 13.2 Å². The highest BCUT2D eigenvalue weighted by Gasteiger charge is 2.15. The van der Waals surface area contributed by atoms with E-state index in [9.17, 15) is 9.59 Å². The number of esters is 1. The van der Waals surface area contributed by atoms with Crippen LogP contribution in [0.25, 0.3) is 0 Å². The zero-order chi connectivity index (χ0) is 18.1. The maximum atomic E-state index is 11.5. The van der Waals surface area contributed by atoms with Gasteiger partial charge in [0.1, 0.15) is 23.9 Å². The number of rotatable bonds is 9. The molecule has 2 aromatic rings. The van der Waals surface area contributed by atoms with Gasteiger partial charge in [0.05, 0.1) is 19.3 Å². The molecule has 0 aliphatic carbocycles. The minimum Gasteiger partial charge on any atom is -0.496 e. The Morgan fingerprint density at radius 2 is 1.76 bits per heavy atom. The summed E-state index contributed by atoms with van der Waals surface area (Å²) in [6, 6.07) is 12.7. The number of methoxy groups -OCH3 is 1. The monoisotopic (exact) mass is 344 g/mol. The van der Waals surface area contributed by atoms with E-state index in [1.807, 2.05) is 30.3 Å². The number of hydrogen-bond acceptors (Lipinski definition) is 6.